The van der Waals surface area contributed by atoms with Crippen LogP contribution in [0.5, 0.6) is 0 Å². The molecule has 3 aromatic rings. The van der Waals surface area contributed by atoms with Crippen LogP contribution in [0.4, 0.5) is 15.7 Å². The van der Waals surface area contributed by atoms with Gasteiger partial charge in [-0.05, 0) is 82.6 Å². The normalized spacial score (nSPS) is 20.9. The highest BCUT2D eigenvalue weighted by Gasteiger charge is 2.40. The first-order valence-corrected chi connectivity index (χ1v) is 16.3. The van der Waals surface area contributed by atoms with Crippen molar-refractivity contribution in [2.75, 3.05) is 38.6 Å². The van der Waals surface area contributed by atoms with E-state index in [9.17, 15) is 10.1 Å². The molecule has 4 heterocycles. The number of carbonyl (C=O) groups excluding carboxylic acids is 1. The second-order valence-electron chi connectivity index (χ2n) is 12.7. The second-order valence-corrected chi connectivity index (χ2v) is 14.6. The van der Waals surface area contributed by atoms with Gasteiger partial charge in [0.15, 0.2) is 0 Å². The fourth-order valence-corrected chi connectivity index (χ4v) is 7.97. The lowest BCUT2D eigenvalue weighted by Crippen LogP contribution is -2.43. The second kappa shape index (κ2) is 12.2. The molecule has 0 N–H and O–H groups in total. The van der Waals surface area contributed by atoms with Gasteiger partial charge in [-0.25, -0.2) is 19.8 Å². The highest BCUT2D eigenvalue weighted by Crippen LogP contribution is 2.51. The summed E-state index contributed by atoms with van der Waals surface area (Å²) >= 11 is 3.11. The van der Waals surface area contributed by atoms with Crippen molar-refractivity contribution in [2.24, 2.45) is 4.99 Å². The number of nitriles is 1. The van der Waals surface area contributed by atoms with Crippen LogP contribution < -0.4 is 4.90 Å². The lowest BCUT2D eigenvalue weighted by atomic mass is 9.71. The molecule has 1 aliphatic carbocycles. The van der Waals surface area contributed by atoms with Crippen LogP contribution in [0.25, 0.3) is 11.4 Å². The lowest BCUT2D eigenvalue weighted by Gasteiger charge is -2.33. The molecule has 0 radical (unpaired) electrons. The molecule has 5 rings (SSSR count). The van der Waals surface area contributed by atoms with E-state index in [0.29, 0.717) is 24.6 Å². The number of amides is 1. The average molecular weight is 621 g/mol. The minimum Gasteiger partial charge on any atom is -0.444 e. The first-order valence-electron chi connectivity index (χ1n) is 14.7. The summed E-state index contributed by atoms with van der Waals surface area (Å²) in [6.45, 7) is 11.9. The van der Waals surface area contributed by atoms with Crippen LogP contribution in [0, 0.1) is 11.3 Å². The molecule has 1 amide bonds. The van der Waals surface area contributed by atoms with Gasteiger partial charge in [-0.2, -0.15) is 9.64 Å². The maximum atomic E-state index is 12.8. The number of aliphatic imine (C=N–C) groups is 1. The van der Waals surface area contributed by atoms with Crippen LogP contribution >= 0.6 is 22.9 Å². The maximum Gasteiger partial charge on any atom is 0.410 e. The number of nitrogens with zero attached hydrogens (tertiary/aromatic N) is 8. The molecule has 0 spiro atoms. The van der Waals surface area contributed by atoms with Crippen molar-refractivity contribution in [2.45, 2.75) is 77.4 Å². The Morgan fingerprint density at radius 2 is 2.07 bits per heavy atom. The smallest absolute Gasteiger partial charge is 0.410 e. The lowest BCUT2D eigenvalue weighted by molar-refractivity contribution is 0.0251. The van der Waals surface area contributed by atoms with Crippen LogP contribution in [0.15, 0.2) is 23.3 Å². The fraction of sp³-hybridized carbons (Fsp3) is 0.548. The largest absolute Gasteiger partial charge is 0.444 e. The van der Waals surface area contributed by atoms with Crippen molar-refractivity contribution in [3.05, 3.63) is 39.2 Å². The zero-order valence-corrected chi connectivity index (χ0v) is 27.7. The third-order valence-corrected chi connectivity index (χ3v) is 10.0. The number of hydrogen-bond donors (Lipinski definition) is 0. The van der Waals surface area contributed by atoms with Crippen LogP contribution in [-0.2, 0) is 16.6 Å². The molecule has 1 saturated heterocycles. The van der Waals surface area contributed by atoms with E-state index >= 15 is 0 Å². The predicted molar refractivity (Wildman–Crippen MR) is 173 cm³/mol. The van der Waals surface area contributed by atoms with Gasteiger partial charge in [-0.15, -0.1) is 11.3 Å². The third-order valence-electron chi connectivity index (χ3n) is 7.82. The highest BCUT2D eigenvalue weighted by atomic mass is 32.1. The number of anilines is 1. The minimum atomic E-state index is -0.533. The van der Waals surface area contributed by atoms with Crippen molar-refractivity contribution in [3.8, 4) is 17.5 Å². The molecule has 12 heteroatoms. The monoisotopic (exact) mass is 620 g/mol. The number of aromatic nitrogens is 3. The zero-order chi connectivity index (χ0) is 30.9. The van der Waals surface area contributed by atoms with Gasteiger partial charge >= 0.3 is 6.09 Å². The van der Waals surface area contributed by atoms with E-state index in [4.69, 9.17) is 14.1 Å². The van der Waals surface area contributed by atoms with Crippen molar-refractivity contribution in [1.82, 2.24) is 24.1 Å². The van der Waals surface area contributed by atoms with Crippen LogP contribution in [0.2, 0.25) is 0 Å². The number of carbonyl (C=O) groups is 1. The van der Waals surface area contributed by atoms with Crippen molar-refractivity contribution >= 4 is 46.3 Å². The molecule has 0 unspecified atom stereocenters. The van der Waals surface area contributed by atoms with Gasteiger partial charge in [0.25, 0.3) is 0 Å². The van der Waals surface area contributed by atoms with Crippen LogP contribution in [0.1, 0.15) is 74.8 Å². The minimum absolute atomic E-state index is 0.0168. The summed E-state index contributed by atoms with van der Waals surface area (Å²) < 4.78 is 10.5. The van der Waals surface area contributed by atoms with E-state index in [2.05, 4.69) is 40.9 Å². The topological polar surface area (TPSA) is 111 Å². The zero-order valence-electron chi connectivity index (χ0n) is 26.0. The molecule has 43 heavy (non-hydrogen) atoms. The molecule has 0 bridgehead atoms. The number of aryl methyl sites for hydroxylation is 1. The van der Waals surface area contributed by atoms with Gasteiger partial charge in [0, 0.05) is 61.1 Å². The Morgan fingerprint density at radius 3 is 2.79 bits per heavy atom. The average Bonchev–Trinajstić information content (AvgIpc) is 3.54. The van der Waals surface area contributed by atoms with E-state index in [1.54, 1.807) is 28.8 Å². The molecule has 0 saturated carbocycles. The molecule has 2 aliphatic rings. The molecule has 2 atom stereocenters. The molecule has 10 nitrogen and oxygen atoms in total. The SMILES string of the molecule is C[C@H]1CN(C(=O)OC(C)(C)C)CCCN1c1nccc(-c2cc([C@@]3(C)CCCc4sc(N=CN(C)C)c(C#N)c43)sn2)n1. The number of hydrogen-bond acceptors (Lipinski definition) is 10. The summed E-state index contributed by atoms with van der Waals surface area (Å²) in [5.41, 5.74) is 2.48. The Morgan fingerprint density at radius 1 is 1.28 bits per heavy atom. The fourth-order valence-electron chi connectivity index (χ4n) is 5.80. The van der Waals surface area contributed by atoms with Gasteiger partial charge in [-0.3, -0.25) is 0 Å². The Labute approximate surface area is 262 Å². The summed E-state index contributed by atoms with van der Waals surface area (Å²) in [5, 5.41) is 11.0. The predicted octanol–water partition coefficient (Wildman–Crippen LogP) is 6.23. The molecule has 3 aromatic heterocycles. The third kappa shape index (κ3) is 6.53. The molecular formula is C31H40N8O2S2. The van der Waals surface area contributed by atoms with E-state index in [0.717, 1.165) is 59.1 Å². The van der Waals surface area contributed by atoms with Gasteiger partial charge in [0.1, 0.15) is 22.4 Å². The van der Waals surface area contributed by atoms with E-state index in [1.165, 1.54) is 16.4 Å². The summed E-state index contributed by atoms with van der Waals surface area (Å²) in [4.78, 5) is 35.1. The highest BCUT2D eigenvalue weighted by molar-refractivity contribution is 7.16. The Hall–Kier alpha value is -3.56. The van der Waals surface area contributed by atoms with Gasteiger partial charge in [0.05, 0.1) is 17.6 Å². The van der Waals surface area contributed by atoms with Gasteiger partial charge in [0.2, 0.25) is 5.95 Å². The quantitative estimate of drug-likeness (QED) is 0.244. The van der Waals surface area contributed by atoms with Gasteiger partial charge < -0.3 is 19.4 Å². The van der Waals surface area contributed by atoms with Crippen LogP contribution in [0.3, 0.4) is 0 Å². The molecule has 1 aliphatic heterocycles. The van der Waals surface area contributed by atoms with Gasteiger partial charge in [-0.1, -0.05) is 6.92 Å². The summed E-state index contributed by atoms with van der Waals surface area (Å²) in [6.07, 6.45) is 6.99. The number of rotatable bonds is 5. The summed E-state index contributed by atoms with van der Waals surface area (Å²) in [5.74, 6) is 0.629. The summed E-state index contributed by atoms with van der Waals surface area (Å²) in [6, 6.07) is 6.51. The standard InChI is InChI=1S/C31H40N8O2S2/c1-20-18-38(29(40)41-30(2,3)4)14-9-15-39(20)28-33-13-11-22(35-28)23-16-25(43-36-23)31(5)12-8-10-24-26(31)21(17-32)27(42-24)34-19-37(6)7/h11,13,16,19-20H,8-10,12,14-15,18H2,1-7H3/t20-,31+/m0/s1. The first-order chi connectivity index (χ1) is 20.4. The van der Waals surface area contributed by atoms with Crippen LogP contribution in [-0.4, -0.2) is 81.9 Å². The molecule has 0 aromatic carbocycles. The number of fused-ring (bicyclic) bond motifs is 1. The van der Waals surface area contributed by atoms with E-state index < -0.39 is 5.60 Å². The van der Waals surface area contributed by atoms with E-state index in [-0.39, 0.29) is 17.6 Å². The van der Waals surface area contributed by atoms with E-state index in [1.807, 2.05) is 45.8 Å². The molecule has 228 valence electrons. The molecule has 1 fully saturated rings. The van der Waals surface area contributed by atoms with Crippen molar-refractivity contribution in [3.63, 3.8) is 0 Å². The molecular weight excluding hydrogens is 581 g/mol. The summed E-state index contributed by atoms with van der Waals surface area (Å²) in [7, 11) is 3.85. The van der Waals surface area contributed by atoms with Crippen molar-refractivity contribution in [1.29, 1.82) is 5.26 Å². The number of thiophene rings is 1. The maximum absolute atomic E-state index is 12.8. The number of ether oxygens (including phenoxy) is 1. The van der Waals surface area contributed by atoms with Crippen molar-refractivity contribution < 1.29 is 9.53 Å². The first kappa shape index (κ1) is 30.9. The Kier molecular flexibility index (Phi) is 8.77. The Balaban J connectivity index is 1.40. The Bertz CT molecular complexity index is 1550.